The van der Waals surface area contributed by atoms with Gasteiger partial charge >= 0.3 is 0 Å². The minimum absolute atomic E-state index is 0.168. The number of carbonyl (C=O) groups excluding carboxylic acids is 1. The largest absolute Gasteiger partial charge is 0.368 e. The number of nitrogens with one attached hydrogen (secondary N) is 1. The summed E-state index contributed by atoms with van der Waals surface area (Å²) in [7, 11) is 0. The third-order valence-electron chi connectivity index (χ3n) is 6.08. The van der Waals surface area contributed by atoms with Gasteiger partial charge in [0, 0.05) is 54.1 Å². The normalized spacial score (nSPS) is 19.2. The fourth-order valence-corrected chi connectivity index (χ4v) is 5.45. The lowest BCUT2D eigenvalue weighted by Gasteiger charge is -2.35. The summed E-state index contributed by atoms with van der Waals surface area (Å²) in [5.41, 5.74) is 1.23. The van der Waals surface area contributed by atoms with Crippen molar-refractivity contribution in [3.05, 3.63) is 29.4 Å². The summed E-state index contributed by atoms with van der Waals surface area (Å²) in [4.78, 5) is 17.0. The quantitative estimate of drug-likeness (QED) is 0.777. The summed E-state index contributed by atoms with van der Waals surface area (Å²) in [6, 6.07) is 5.48. The molecule has 6 heteroatoms. The monoisotopic (exact) mass is 403 g/mol. The Morgan fingerprint density at radius 2 is 1.93 bits per heavy atom. The van der Waals surface area contributed by atoms with E-state index in [2.05, 4.69) is 20.5 Å². The van der Waals surface area contributed by atoms with Crippen molar-refractivity contribution in [3.8, 4) is 0 Å². The molecule has 0 bridgehead atoms. The molecule has 28 heavy (non-hydrogen) atoms. The van der Waals surface area contributed by atoms with E-state index in [0.29, 0.717) is 12.5 Å². The number of hydrogen-bond donors (Lipinski definition) is 1. The molecule has 4 nitrogen and oxygen atoms in total. The zero-order valence-electron chi connectivity index (χ0n) is 16.5. The Hall–Kier alpha value is -1.66. The number of piperazine rings is 1. The summed E-state index contributed by atoms with van der Waals surface area (Å²) >= 11 is 1.61. The van der Waals surface area contributed by atoms with Crippen LogP contribution in [0.15, 0.2) is 23.6 Å². The molecule has 2 aliphatic rings. The molecule has 0 spiro atoms. The lowest BCUT2D eigenvalue weighted by Crippen LogP contribution is -2.46. The molecule has 0 radical (unpaired) electrons. The molecule has 1 saturated carbocycles. The molecule has 1 aliphatic carbocycles. The highest BCUT2D eigenvalue weighted by Crippen LogP contribution is 2.34. The second kappa shape index (κ2) is 9.23. The minimum atomic E-state index is -0.168. The Labute approximate surface area is 170 Å². The molecular formula is C22H30FN3OS. The number of nitrogens with zero attached hydrogens (tertiary/aromatic N) is 2. The van der Waals surface area contributed by atoms with Crippen LogP contribution in [-0.4, -0.2) is 49.6 Å². The van der Waals surface area contributed by atoms with E-state index >= 15 is 0 Å². The van der Waals surface area contributed by atoms with Crippen LogP contribution in [0.25, 0.3) is 10.1 Å². The maximum Gasteiger partial charge on any atom is 0.220 e. The van der Waals surface area contributed by atoms with Crippen LogP contribution >= 0.6 is 11.3 Å². The third kappa shape index (κ3) is 4.84. The number of amides is 1. The fraction of sp³-hybridized carbons (Fsp3) is 0.591. The van der Waals surface area contributed by atoms with Crippen molar-refractivity contribution in [2.45, 2.75) is 51.0 Å². The predicted octanol–water partition coefficient (Wildman–Crippen LogP) is 4.39. The maximum atomic E-state index is 13.4. The molecule has 0 unspecified atom stereocenters. The summed E-state index contributed by atoms with van der Waals surface area (Å²) in [5.74, 6) is 0.0563. The van der Waals surface area contributed by atoms with Crippen molar-refractivity contribution < 1.29 is 9.18 Å². The van der Waals surface area contributed by atoms with Gasteiger partial charge < -0.3 is 10.2 Å². The highest BCUT2D eigenvalue weighted by atomic mass is 32.1. The van der Waals surface area contributed by atoms with Gasteiger partial charge in [-0.2, -0.15) is 0 Å². The van der Waals surface area contributed by atoms with E-state index < -0.39 is 0 Å². The number of fused-ring (bicyclic) bond motifs is 1. The third-order valence-corrected chi connectivity index (χ3v) is 7.01. The van der Waals surface area contributed by atoms with Gasteiger partial charge in [-0.15, -0.1) is 11.3 Å². The van der Waals surface area contributed by atoms with E-state index in [9.17, 15) is 9.18 Å². The van der Waals surface area contributed by atoms with Gasteiger partial charge in [0.2, 0.25) is 5.91 Å². The minimum Gasteiger partial charge on any atom is -0.368 e. The van der Waals surface area contributed by atoms with Gasteiger partial charge in [0.1, 0.15) is 5.82 Å². The molecule has 1 aliphatic heterocycles. The van der Waals surface area contributed by atoms with Crippen molar-refractivity contribution in [1.82, 2.24) is 10.2 Å². The van der Waals surface area contributed by atoms with Crippen molar-refractivity contribution in [1.29, 1.82) is 0 Å². The van der Waals surface area contributed by atoms with Crippen LogP contribution in [-0.2, 0) is 4.79 Å². The van der Waals surface area contributed by atoms with Gasteiger partial charge in [-0.1, -0.05) is 19.3 Å². The van der Waals surface area contributed by atoms with Crippen molar-refractivity contribution in [3.63, 3.8) is 0 Å². The van der Waals surface area contributed by atoms with E-state index in [0.717, 1.165) is 62.1 Å². The van der Waals surface area contributed by atoms with Crippen molar-refractivity contribution in [2.75, 3.05) is 37.6 Å². The fourth-order valence-electron chi connectivity index (χ4n) is 4.46. The van der Waals surface area contributed by atoms with Crippen LogP contribution in [0.3, 0.4) is 0 Å². The first-order chi connectivity index (χ1) is 13.7. The second-order valence-corrected chi connectivity index (χ2v) is 9.01. The molecule has 1 aromatic carbocycles. The number of carbonyl (C=O) groups is 1. The number of anilines is 1. The summed E-state index contributed by atoms with van der Waals surface area (Å²) < 4.78 is 14.4. The van der Waals surface area contributed by atoms with E-state index in [4.69, 9.17) is 0 Å². The molecular weight excluding hydrogens is 373 g/mol. The van der Waals surface area contributed by atoms with E-state index in [1.165, 1.54) is 24.9 Å². The van der Waals surface area contributed by atoms with Gasteiger partial charge in [0.05, 0.1) is 5.69 Å². The Morgan fingerprint density at radius 3 is 2.71 bits per heavy atom. The van der Waals surface area contributed by atoms with E-state index in [-0.39, 0.29) is 11.7 Å². The van der Waals surface area contributed by atoms with Gasteiger partial charge in [-0.3, -0.25) is 9.69 Å². The SMILES string of the molecule is O=C(CCCN1CCN(c2csc3cc(F)ccc23)CC1)NC1CCCCC1. The highest BCUT2D eigenvalue weighted by molar-refractivity contribution is 7.17. The zero-order valence-corrected chi connectivity index (χ0v) is 17.3. The van der Waals surface area contributed by atoms with Gasteiger partial charge in [-0.25, -0.2) is 4.39 Å². The standard InChI is InChI=1S/C22H30FN3OS/c23-17-8-9-19-20(16-28-21(19)15-17)26-13-11-25(12-14-26)10-4-7-22(27)24-18-5-2-1-3-6-18/h8-9,15-16,18H,1-7,10-14H2,(H,24,27). The van der Waals surface area contributed by atoms with E-state index in [1.54, 1.807) is 23.5 Å². The van der Waals surface area contributed by atoms with Crippen LogP contribution in [0.2, 0.25) is 0 Å². The lowest BCUT2D eigenvalue weighted by molar-refractivity contribution is -0.122. The Balaban J connectivity index is 1.19. The summed E-state index contributed by atoms with van der Waals surface area (Å²) in [6.45, 7) is 4.99. The summed E-state index contributed by atoms with van der Waals surface area (Å²) in [5, 5.41) is 6.51. The molecule has 2 heterocycles. The van der Waals surface area contributed by atoms with Crippen LogP contribution in [0.5, 0.6) is 0 Å². The predicted molar refractivity (Wildman–Crippen MR) is 115 cm³/mol. The first kappa shape index (κ1) is 19.6. The molecule has 1 N–H and O–H groups in total. The number of hydrogen-bond acceptors (Lipinski definition) is 4. The average molecular weight is 404 g/mol. The van der Waals surface area contributed by atoms with Crippen LogP contribution < -0.4 is 10.2 Å². The van der Waals surface area contributed by atoms with Crippen LogP contribution in [0.1, 0.15) is 44.9 Å². The van der Waals surface area contributed by atoms with Gasteiger partial charge in [-0.05, 0) is 44.0 Å². The molecule has 0 atom stereocenters. The van der Waals surface area contributed by atoms with Crippen LogP contribution in [0, 0.1) is 5.82 Å². The number of thiophene rings is 1. The Morgan fingerprint density at radius 1 is 1.14 bits per heavy atom. The Kier molecular flexibility index (Phi) is 6.47. The molecule has 2 fully saturated rings. The molecule has 1 aromatic heterocycles. The van der Waals surface area contributed by atoms with Crippen LogP contribution in [0.4, 0.5) is 10.1 Å². The van der Waals surface area contributed by atoms with E-state index in [1.807, 2.05) is 6.07 Å². The molecule has 4 rings (SSSR count). The molecule has 2 aromatic rings. The highest BCUT2D eigenvalue weighted by Gasteiger charge is 2.20. The number of rotatable bonds is 6. The van der Waals surface area contributed by atoms with Crippen molar-refractivity contribution >= 4 is 33.0 Å². The second-order valence-electron chi connectivity index (χ2n) is 8.10. The Bertz CT molecular complexity index is 794. The molecule has 152 valence electrons. The smallest absolute Gasteiger partial charge is 0.220 e. The average Bonchev–Trinajstić information content (AvgIpc) is 3.12. The molecule has 1 amide bonds. The number of halogens is 1. The first-order valence-corrected chi connectivity index (χ1v) is 11.5. The van der Waals surface area contributed by atoms with Gasteiger partial charge in [0.25, 0.3) is 0 Å². The molecule has 1 saturated heterocycles. The first-order valence-electron chi connectivity index (χ1n) is 10.6. The van der Waals surface area contributed by atoms with Gasteiger partial charge in [0.15, 0.2) is 0 Å². The number of benzene rings is 1. The topological polar surface area (TPSA) is 35.6 Å². The maximum absolute atomic E-state index is 13.4. The lowest BCUT2D eigenvalue weighted by atomic mass is 9.95. The summed E-state index contributed by atoms with van der Waals surface area (Å²) in [6.07, 6.45) is 7.69. The zero-order chi connectivity index (χ0) is 19.3. The van der Waals surface area contributed by atoms with Crippen molar-refractivity contribution in [2.24, 2.45) is 0 Å².